The highest BCUT2D eigenvalue weighted by atomic mass is 32.2. The third-order valence-corrected chi connectivity index (χ3v) is 4.66. The van der Waals surface area contributed by atoms with E-state index in [1.165, 1.54) is 0 Å². The fourth-order valence-corrected chi connectivity index (χ4v) is 3.03. The molecular formula is C17H17FN2O4S. The van der Waals surface area contributed by atoms with E-state index in [1.807, 2.05) is 4.72 Å². The van der Waals surface area contributed by atoms with Crippen molar-refractivity contribution in [2.45, 2.75) is 17.7 Å². The molecule has 0 atom stereocenters. The van der Waals surface area contributed by atoms with Crippen LogP contribution in [0.2, 0.25) is 0 Å². The molecule has 6 nitrogen and oxygen atoms in total. The average Bonchev–Trinajstić information content (AvgIpc) is 2.59. The second-order valence-electron chi connectivity index (χ2n) is 5.21. The Labute approximate surface area is 145 Å². The van der Waals surface area contributed by atoms with Gasteiger partial charge in [-0.25, -0.2) is 17.5 Å². The smallest absolute Gasteiger partial charge is 0.264 e. The Hall–Kier alpha value is -2.74. The monoisotopic (exact) mass is 364 g/mol. The van der Waals surface area contributed by atoms with E-state index in [-0.39, 0.29) is 30.2 Å². The van der Waals surface area contributed by atoms with Crippen molar-refractivity contribution in [2.24, 2.45) is 0 Å². The van der Waals surface area contributed by atoms with E-state index >= 15 is 0 Å². The van der Waals surface area contributed by atoms with E-state index in [1.54, 1.807) is 30.3 Å². The van der Waals surface area contributed by atoms with Gasteiger partial charge in [0.15, 0.2) is 0 Å². The van der Waals surface area contributed by atoms with Gasteiger partial charge in [0, 0.05) is 18.5 Å². The average molecular weight is 364 g/mol. The van der Waals surface area contributed by atoms with Crippen molar-refractivity contribution in [3.63, 3.8) is 0 Å². The largest absolute Gasteiger partial charge is 0.352 e. The van der Waals surface area contributed by atoms with Crippen LogP contribution in [0.15, 0.2) is 59.5 Å². The molecule has 0 aliphatic rings. The molecule has 132 valence electrons. The van der Waals surface area contributed by atoms with Gasteiger partial charge < -0.3 is 5.32 Å². The normalized spacial score (nSPS) is 10.9. The SMILES string of the molecule is O=C(CCCNC(=O)c1ccccc1)NS(=O)(=O)c1ccc(F)cc1. The number of halogens is 1. The van der Waals surface area contributed by atoms with E-state index in [0.717, 1.165) is 24.3 Å². The second kappa shape index (κ2) is 8.39. The highest BCUT2D eigenvalue weighted by molar-refractivity contribution is 7.90. The van der Waals surface area contributed by atoms with Crippen LogP contribution in [0.4, 0.5) is 4.39 Å². The first-order chi connectivity index (χ1) is 11.9. The molecule has 8 heteroatoms. The van der Waals surface area contributed by atoms with Crippen molar-refractivity contribution in [3.05, 3.63) is 66.0 Å². The number of carbonyl (C=O) groups excluding carboxylic acids is 2. The fourth-order valence-electron chi connectivity index (χ4n) is 2.02. The fraction of sp³-hybridized carbons (Fsp3) is 0.176. The standard InChI is InChI=1S/C17H17FN2O4S/c18-14-8-10-15(11-9-14)25(23,24)20-16(21)7-4-12-19-17(22)13-5-2-1-3-6-13/h1-3,5-6,8-11H,4,7,12H2,(H,19,22)(H,20,21). The van der Waals surface area contributed by atoms with Gasteiger partial charge in [0.05, 0.1) is 4.90 Å². The topological polar surface area (TPSA) is 92.3 Å². The molecule has 0 aliphatic carbocycles. The van der Waals surface area contributed by atoms with Crippen LogP contribution in [0.3, 0.4) is 0 Å². The summed E-state index contributed by atoms with van der Waals surface area (Å²) in [5.41, 5.74) is 0.505. The van der Waals surface area contributed by atoms with Gasteiger partial charge in [-0.05, 0) is 42.8 Å². The molecular weight excluding hydrogens is 347 g/mol. The van der Waals surface area contributed by atoms with Crippen LogP contribution in [0.1, 0.15) is 23.2 Å². The summed E-state index contributed by atoms with van der Waals surface area (Å²) in [5.74, 6) is -1.53. The summed E-state index contributed by atoms with van der Waals surface area (Å²) >= 11 is 0. The predicted octanol–water partition coefficient (Wildman–Crippen LogP) is 1.84. The van der Waals surface area contributed by atoms with E-state index in [4.69, 9.17) is 0 Å². The molecule has 0 radical (unpaired) electrons. The third kappa shape index (κ3) is 5.68. The van der Waals surface area contributed by atoms with E-state index in [0.29, 0.717) is 5.56 Å². The van der Waals surface area contributed by atoms with E-state index in [2.05, 4.69) is 5.32 Å². The summed E-state index contributed by atoms with van der Waals surface area (Å²) in [7, 11) is -4.03. The zero-order valence-electron chi connectivity index (χ0n) is 13.2. The lowest BCUT2D eigenvalue weighted by atomic mass is 10.2. The first-order valence-corrected chi connectivity index (χ1v) is 9.01. The van der Waals surface area contributed by atoms with Gasteiger partial charge in [0.25, 0.3) is 15.9 Å². The van der Waals surface area contributed by atoms with Crippen molar-refractivity contribution in [1.29, 1.82) is 0 Å². The lowest BCUT2D eigenvalue weighted by Crippen LogP contribution is -2.31. The zero-order valence-corrected chi connectivity index (χ0v) is 14.1. The van der Waals surface area contributed by atoms with Gasteiger partial charge >= 0.3 is 0 Å². The van der Waals surface area contributed by atoms with Crippen molar-refractivity contribution in [2.75, 3.05) is 6.54 Å². The van der Waals surface area contributed by atoms with Crippen LogP contribution >= 0.6 is 0 Å². The minimum absolute atomic E-state index is 0.0739. The molecule has 2 rings (SSSR count). The lowest BCUT2D eigenvalue weighted by Gasteiger charge is -2.08. The number of nitrogens with one attached hydrogen (secondary N) is 2. The third-order valence-electron chi connectivity index (χ3n) is 3.27. The zero-order chi connectivity index (χ0) is 18.3. The molecule has 0 aromatic heterocycles. The Balaban J connectivity index is 1.77. The van der Waals surface area contributed by atoms with E-state index in [9.17, 15) is 22.4 Å². The number of rotatable bonds is 7. The van der Waals surface area contributed by atoms with Crippen molar-refractivity contribution < 1.29 is 22.4 Å². The number of benzene rings is 2. The highest BCUT2D eigenvalue weighted by Crippen LogP contribution is 2.09. The lowest BCUT2D eigenvalue weighted by molar-refractivity contribution is -0.119. The van der Waals surface area contributed by atoms with Crippen LogP contribution < -0.4 is 10.0 Å². The van der Waals surface area contributed by atoms with Crippen molar-refractivity contribution in [1.82, 2.24) is 10.0 Å². The first kappa shape index (κ1) is 18.6. The Kier molecular flexibility index (Phi) is 6.24. The molecule has 2 N–H and O–H groups in total. The molecule has 0 unspecified atom stereocenters. The second-order valence-corrected chi connectivity index (χ2v) is 6.89. The van der Waals surface area contributed by atoms with Crippen molar-refractivity contribution in [3.8, 4) is 0 Å². The van der Waals surface area contributed by atoms with Crippen LogP contribution in [0.5, 0.6) is 0 Å². The summed E-state index contributed by atoms with van der Waals surface area (Å²) in [4.78, 5) is 23.3. The Bertz CT molecular complexity index is 837. The number of hydrogen-bond donors (Lipinski definition) is 2. The number of sulfonamides is 1. The van der Waals surface area contributed by atoms with Gasteiger partial charge in [-0.1, -0.05) is 18.2 Å². The highest BCUT2D eigenvalue weighted by Gasteiger charge is 2.17. The van der Waals surface area contributed by atoms with Crippen LogP contribution in [-0.2, 0) is 14.8 Å². The van der Waals surface area contributed by atoms with Crippen LogP contribution in [-0.4, -0.2) is 26.8 Å². The molecule has 25 heavy (non-hydrogen) atoms. The minimum atomic E-state index is -4.03. The van der Waals surface area contributed by atoms with Gasteiger partial charge in [-0.3, -0.25) is 9.59 Å². The molecule has 2 aromatic carbocycles. The van der Waals surface area contributed by atoms with Crippen LogP contribution in [0, 0.1) is 5.82 Å². The molecule has 0 aliphatic heterocycles. The Morgan fingerprint density at radius 2 is 1.60 bits per heavy atom. The maximum atomic E-state index is 12.8. The molecule has 0 heterocycles. The van der Waals surface area contributed by atoms with Gasteiger partial charge in [-0.2, -0.15) is 0 Å². The summed E-state index contributed by atoms with van der Waals surface area (Å²) in [5, 5.41) is 2.65. The number of amides is 2. The summed E-state index contributed by atoms with van der Waals surface area (Å²) in [6.07, 6.45) is 0.207. The maximum absolute atomic E-state index is 12.8. The molecule has 0 saturated heterocycles. The maximum Gasteiger partial charge on any atom is 0.264 e. The predicted molar refractivity (Wildman–Crippen MR) is 89.7 cm³/mol. The van der Waals surface area contributed by atoms with E-state index < -0.39 is 21.7 Å². The first-order valence-electron chi connectivity index (χ1n) is 7.53. The van der Waals surface area contributed by atoms with Gasteiger partial charge in [0.1, 0.15) is 5.82 Å². The van der Waals surface area contributed by atoms with Gasteiger partial charge in [0.2, 0.25) is 5.91 Å². The minimum Gasteiger partial charge on any atom is -0.352 e. The molecule has 2 amide bonds. The van der Waals surface area contributed by atoms with Crippen molar-refractivity contribution >= 4 is 21.8 Å². The summed E-state index contributed by atoms with van der Waals surface area (Å²) in [6.45, 7) is 0.234. The number of hydrogen-bond acceptors (Lipinski definition) is 4. The Morgan fingerprint density at radius 3 is 2.24 bits per heavy atom. The molecule has 0 saturated carbocycles. The molecule has 0 bridgehead atoms. The quantitative estimate of drug-likeness (QED) is 0.733. The summed E-state index contributed by atoms with van der Waals surface area (Å²) in [6, 6.07) is 12.7. The molecule has 0 spiro atoms. The van der Waals surface area contributed by atoms with Gasteiger partial charge in [-0.15, -0.1) is 0 Å². The number of carbonyl (C=O) groups is 2. The molecule has 2 aromatic rings. The Morgan fingerprint density at radius 1 is 0.960 bits per heavy atom. The van der Waals surface area contributed by atoms with Crippen LogP contribution in [0.25, 0.3) is 0 Å². The molecule has 0 fully saturated rings. The summed E-state index contributed by atoms with van der Waals surface area (Å²) < 4.78 is 38.6.